The van der Waals surface area contributed by atoms with Gasteiger partial charge in [0.2, 0.25) is 0 Å². The monoisotopic (exact) mass is 117 g/mol. The van der Waals surface area contributed by atoms with E-state index >= 15 is 0 Å². The third kappa shape index (κ3) is 12.1. The summed E-state index contributed by atoms with van der Waals surface area (Å²) in [6.07, 6.45) is 0. The van der Waals surface area contributed by atoms with Crippen molar-refractivity contribution in [3.63, 3.8) is 0 Å². The molecule has 0 spiro atoms. The van der Waals surface area contributed by atoms with Gasteiger partial charge >= 0.3 is 0 Å². The van der Waals surface area contributed by atoms with Gasteiger partial charge < -0.3 is 5.73 Å². The highest BCUT2D eigenvalue weighted by atomic mass is 35.5. The molecule has 5 heavy (non-hydrogen) atoms. The lowest BCUT2D eigenvalue weighted by Crippen LogP contribution is -1.97. The molecule has 0 saturated heterocycles. The minimum Gasteiger partial charge on any atom is -0.330 e. The Bertz CT molecular complexity index is 73.5. The van der Waals surface area contributed by atoms with Gasteiger partial charge in [0.25, 0.3) is 0 Å². The molecule has 2 N–H and O–H groups in total. The second kappa shape index (κ2) is 8.82. The zero-order chi connectivity index (χ0) is 7.00. The van der Waals surface area contributed by atoms with Gasteiger partial charge in [0.05, 0.1) is 0 Å². The molecular formula is C2H8ClNS. The molecule has 0 fully saturated rings. The smallest absolute Gasteiger partial charge is 0.0434 e. The van der Waals surface area contributed by atoms with Crippen molar-refractivity contribution in [2.75, 3.05) is 12.2 Å². The van der Waals surface area contributed by atoms with Crippen LogP contribution in [0.1, 0.15) is 5.48 Å². The largest absolute Gasteiger partial charge is 0.330 e. The summed E-state index contributed by atoms with van der Waals surface area (Å²) in [4.78, 5) is 0. The van der Waals surface area contributed by atoms with Crippen molar-refractivity contribution in [1.29, 1.82) is 0 Å². The van der Waals surface area contributed by atoms with Crippen molar-refractivity contribution in [2.45, 2.75) is 0 Å². The fraction of sp³-hybridized carbons (Fsp3) is 1.00. The number of hydrogen-bond acceptors (Lipinski definition) is 2. The Hall–Kier alpha value is 0.600. The van der Waals surface area contributed by atoms with Gasteiger partial charge in [-0.15, -0.1) is 12.4 Å². The van der Waals surface area contributed by atoms with Crippen LogP contribution in [-0.2, 0) is 0 Å². The van der Waals surface area contributed by atoms with E-state index in [1.807, 2.05) is 0 Å². The maximum atomic E-state index is 6.61. The molecule has 0 unspecified atom stereocenters. The van der Waals surface area contributed by atoms with Gasteiger partial charge in [-0.1, -0.05) is 0 Å². The second-order valence-corrected chi connectivity index (χ2v) is 0.480. The van der Waals surface area contributed by atoms with Crippen LogP contribution < -0.4 is 5.73 Å². The van der Waals surface area contributed by atoms with Crippen LogP contribution in [0, 0.1) is 0 Å². The first-order chi connectivity index (χ1) is 3.25. The van der Waals surface area contributed by atoms with E-state index in [0.29, 0.717) is 0 Å². The van der Waals surface area contributed by atoms with E-state index in [2.05, 4.69) is 12.6 Å². The third-order valence-electron chi connectivity index (χ3n) is 0.0645. The fourth-order valence-corrected chi connectivity index (χ4v) is 0. The first kappa shape index (κ1) is 2.05. The molecule has 0 rings (SSSR count). The Kier molecular flexibility index (Phi) is 3.62. The summed E-state index contributed by atoms with van der Waals surface area (Å²) in [7, 11) is 0. The Morgan fingerprint density at radius 2 is 2.20 bits per heavy atom. The van der Waals surface area contributed by atoms with Crippen LogP contribution in [0.4, 0.5) is 0 Å². The normalized spacial score (nSPS) is 23.6. The average molecular weight is 118 g/mol. The fourth-order valence-electron chi connectivity index (χ4n) is 0. The molecule has 0 aromatic rings. The van der Waals surface area contributed by atoms with Gasteiger partial charge in [0.15, 0.2) is 0 Å². The molecule has 0 aliphatic rings. The third-order valence-corrected chi connectivity index (χ3v) is 0.194. The van der Waals surface area contributed by atoms with Gasteiger partial charge in [-0.25, -0.2) is 0 Å². The average Bonchev–Trinajstić information content (AvgIpc) is 1.25. The zero-order valence-electron chi connectivity index (χ0n) is 6.43. The zero-order valence-corrected chi connectivity index (χ0v) is 4.14. The first-order valence-electron chi connectivity index (χ1n) is 2.76. The molecule has 3 heteroatoms. The predicted molar refractivity (Wildman–Crippen MR) is 30.2 cm³/mol. The number of thiol groups is 1. The number of hydrogen-bond donors (Lipinski definition) is 2. The Morgan fingerprint density at radius 1 is 2.00 bits per heavy atom. The Morgan fingerprint density at radius 3 is 2.20 bits per heavy atom. The first-order valence-corrected chi connectivity index (χ1v) is 1.21. The molecule has 1 nitrogen and oxygen atoms in total. The molecule has 0 aromatic heterocycles. The van der Waals surface area contributed by atoms with Crippen LogP contribution >= 0.6 is 25.0 Å². The highest BCUT2D eigenvalue weighted by Crippen LogP contribution is 1.58. The highest BCUT2D eigenvalue weighted by Gasteiger charge is 1.56. The molecule has 0 bridgehead atoms. The van der Waals surface area contributed by atoms with E-state index in [1.165, 1.54) is 0 Å². The SMILES string of the molecule is Cl.[2H]C([2H])(N)C([2H])([2H])S. The summed E-state index contributed by atoms with van der Waals surface area (Å²) in [6.45, 7) is -2.36. The van der Waals surface area contributed by atoms with E-state index in [9.17, 15) is 0 Å². The van der Waals surface area contributed by atoms with Crippen LogP contribution in [0.5, 0.6) is 0 Å². The molecule has 0 radical (unpaired) electrons. The molecule has 0 amide bonds. The quantitative estimate of drug-likeness (QED) is 0.475. The summed E-state index contributed by atoms with van der Waals surface area (Å²) in [5, 5.41) is 0. The van der Waals surface area contributed by atoms with Crippen molar-refractivity contribution >= 4 is 25.0 Å². The standard InChI is InChI=1S/C2H7NS.ClH/c3-1-2-4;/h4H,1-3H2;1H/i1D2,2D2;. The Labute approximate surface area is 49.4 Å². The lowest BCUT2D eigenvalue weighted by atomic mass is 10.8. The number of rotatable bonds is 1. The van der Waals surface area contributed by atoms with Gasteiger partial charge in [-0.2, -0.15) is 12.6 Å². The van der Waals surface area contributed by atoms with E-state index < -0.39 is 12.2 Å². The van der Waals surface area contributed by atoms with Crippen LogP contribution in [0.15, 0.2) is 0 Å². The van der Waals surface area contributed by atoms with E-state index in [0.717, 1.165) is 0 Å². The van der Waals surface area contributed by atoms with Gasteiger partial charge in [0.1, 0.15) is 0 Å². The van der Waals surface area contributed by atoms with Crippen molar-refractivity contribution in [2.24, 2.45) is 5.73 Å². The molecule has 0 atom stereocenters. The maximum absolute atomic E-state index is 6.61. The lowest BCUT2D eigenvalue weighted by molar-refractivity contribution is 1.16. The van der Waals surface area contributed by atoms with E-state index in [-0.39, 0.29) is 12.4 Å². The predicted octanol–water partition coefficient (Wildman–Crippen LogP) is 0.297. The molecule has 0 aliphatic carbocycles. The number of halogens is 1. The topological polar surface area (TPSA) is 26.0 Å². The molecule has 0 heterocycles. The number of nitrogens with two attached hydrogens (primary N) is 1. The molecule has 0 aliphatic heterocycles. The van der Waals surface area contributed by atoms with Crippen molar-refractivity contribution < 1.29 is 5.48 Å². The summed E-state index contributed by atoms with van der Waals surface area (Å²) < 4.78 is 26.4. The van der Waals surface area contributed by atoms with Crippen molar-refractivity contribution in [3.05, 3.63) is 0 Å². The van der Waals surface area contributed by atoms with Gasteiger partial charge in [-0.05, 0) is 0 Å². The summed E-state index contributed by atoms with van der Waals surface area (Å²) in [6, 6.07) is 0. The minimum absolute atomic E-state index is 0. The summed E-state index contributed by atoms with van der Waals surface area (Å²) >= 11 is 3.27. The van der Waals surface area contributed by atoms with Crippen molar-refractivity contribution in [3.8, 4) is 0 Å². The second-order valence-electron chi connectivity index (χ2n) is 0.256. The summed E-state index contributed by atoms with van der Waals surface area (Å²) in [5.74, 6) is 0. The van der Waals surface area contributed by atoms with Crippen LogP contribution in [0.2, 0.25) is 0 Å². The molecule has 0 saturated carbocycles. The Balaban J connectivity index is 0. The molecular weight excluding hydrogens is 106 g/mol. The van der Waals surface area contributed by atoms with E-state index in [1.54, 1.807) is 0 Å². The van der Waals surface area contributed by atoms with Crippen LogP contribution in [0.3, 0.4) is 0 Å². The minimum atomic E-state index is -2.36. The van der Waals surface area contributed by atoms with Gasteiger partial charge in [-0.3, -0.25) is 0 Å². The van der Waals surface area contributed by atoms with Gasteiger partial charge in [0, 0.05) is 17.7 Å². The van der Waals surface area contributed by atoms with Crippen LogP contribution in [0.25, 0.3) is 0 Å². The molecule has 34 valence electrons. The van der Waals surface area contributed by atoms with E-state index in [4.69, 9.17) is 11.2 Å². The molecule has 0 aromatic carbocycles. The summed E-state index contributed by atoms with van der Waals surface area (Å²) in [5.41, 5.74) is 2.44. The van der Waals surface area contributed by atoms with Crippen LogP contribution in [-0.4, -0.2) is 12.2 Å². The van der Waals surface area contributed by atoms with Crippen molar-refractivity contribution in [1.82, 2.24) is 0 Å². The highest BCUT2D eigenvalue weighted by molar-refractivity contribution is 7.80. The lowest BCUT2D eigenvalue weighted by Gasteiger charge is -1.69. The maximum Gasteiger partial charge on any atom is 0.0434 e.